The zero-order chi connectivity index (χ0) is 26.1. The van der Waals surface area contributed by atoms with Crippen LogP contribution in [0.1, 0.15) is 49.6 Å². The summed E-state index contributed by atoms with van der Waals surface area (Å²) in [4.78, 5) is 27.5. The van der Waals surface area contributed by atoms with E-state index in [1.807, 2.05) is 13.1 Å². The third kappa shape index (κ3) is 4.76. The molecule has 0 unspecified atom stereocenters. The van der Waals surface area contributed by atoms with Gasteiger partial charge in [-0.05, 0) is 56.9 Å². The molecular formula is C30H36N8. The van der Waals surface area contributed by atoms with E-state index in [-0.39, 0.29) is 6.04 Å². The molecule has 0 aliphatic carbocycles. The number of piperidine rings is 1. The third-order valence-corrected chi connectivity index (χ3v) is 7.58. The monoisotopic (exact) mass is 508 g/mol. The summed E-state index contributed by atoms with van der Waals surface area (Å²) in [6.45, 7) is 8.80. The average molecular weight is 509 g/mol. The Labute approximate surface area is 224 Å². The van der Waals surface area contributed by atoms with Crippen molar-refractivity contribution < 1.29 is 0 Å². The van der Waals surface area contributed by atoms with Gasteiger partial charge in [-0.2, -0.15) is 0 Å². The first-order chi connectivity index (χ1) is 18.6. The van der Waals surface area contributed by atoms with Crippen molar-refractivity contribution in [3.8, 4) is 11.3 Å². The standard InChI is InChI=1S/C30H36N8/c1-3-10-33-30(26-14-24-25(35-26)8-7-9-28(24)37-11-5-4-6-12-37)23-13-21(15-34-20(23)2)27-16-32-17-29(36-27)38-18-22(31)19-38/h7-9,13-17,22,35H,3-6,10-12,18-19,31H2,1-2H3. The predicted molar refractivity (Wildman–Crippen MR) is 155 cm³/mol. The molecule has 5 heterocycles. The molecule has 0 amide bonds. The zero-order valence-corrected chi connectivity index (χ0v) is 22.3. The minimum absolute atomic E-state index is 0.206. The van der Waals surface area contributed by atoms with Crippen LogP contribution in [0.25, 0.3) is 22.2 Å². The highest BCUT2D eigenvalue weighted by molar-refractivity contribution is 6.15. The van der Waals surface area contributed by atoms with Crippen molar-refractivity contribution in [2.24, 2.45) is 10.7 Å². The Hall–Kier alpha value is -3.78. The molecule has 2 saturated heterocycles. The Kier molecular flexibility index (Phi) is 6.81. The van der Waals surface area contributed by atoms with Crippen molar-refractivity contribution in [1.82, 2.24) is 19.9 Å². The lowest BCUT2D eigenvalue weighted by atomic mass is 10.0. The Balaban J connectivity index is 1.39. The molecule has 8 heteroatoms. The topological polar surface area (TPSA) is 99.3 Å². The Morgan fingerprint density at radius 2 is 1.92 bits per heavy atom. The van der Waals surface area contributed by atoms with E-state index >= 15 is 0 Å². The van der Waals surface area contributed by atoms with E-state index in [1.54, 1.807) is 12.4 Å². The van der Waals surface area contributed by atoms with Crippen LogP contribution < -0.4 is 15.5 Å². The van der Waals surface area contributed by atoms with E-state index in [0.717, 1.165) is 84.4 Å². The van der Waals surface area contributed by atoms with Crippen LogP contribution in [0.4, 0.5) is 11.5 Å². The summed E-state index contributed by atoms with van der Waals surface area (Å²) in [7, 11) is 0. The minimum atomic E-state index is 0.206. The van der Waals surface area contributed by atoms with Gasteiger partial charge in [-0.1, -0.05) is 13.0 Å². The van der Waals surface area contributed by atoms with Crippen molar-refractivity contribution in [2.45, 2.75) is 45.6 Å². The number of hydrogen-bond acceptors (Lipinski definition) is 7. The van der Waals surface area contributed by atoms with Crippen LogP contribution in [-0.4, -0.2) is 64.4 Å². The van der Waals surface area contributed by atoms with Crippen LogP contribution in [0.3, 0.4) is 0 Å². The molecule has 0 radical (unpaired) electrons. The van der Waals surface area contributed by atoms with E-state index in [2.05, 4.69) is 57.0 Å². The number of fused-ring (bicyclic) bond motifs is 1. The number of anilines is 2. The summed E-state index contributed by atoms with van der Waals surface area (Å²) >= 11 is 0. The van der Waals surface area contributed by atoms with Crippen molar-refractivity contribution in [3.63, 3.8) is 0 Å². The largest absolute Gasteiger partial charge is 0.371 e. The summed E-state index contributed by atoms with van der Waals surface area (Å²) in [5.41, 5.74) is 14.1. The molecule has 0 bridgehead atoms. The molecule has 2 aliphatic rings. The molecule has 8 nitrogen and oxygen atoms in total. The molecule has 1 aromatic carbocycles. The SMILES string of the molecule is CCCN=C(c1cc2c(N3CCCCC3)cccc2[nH]1)c1cc(-c2cncc(N3CC(N)C3)n2)cnc1C. The van der Waals surface area contributed by atoms with Gasteiger partial charge in [0.25, 0.3) is 0 Å². The molecule has 38 heavy (non-hydrogen) atoms. The Morgan fingerprint density at radius 1 is 1.08 bits per heavy atom. The summed E-state index contributed by atoms with van der Waals surface area (Å²) in [6.07, 6.45) is 10.3. The van der Waals surface area contributed by atoms with Gasteiger partial charge in [-0.25, -0.2) is 4.98 Å². The molecule has 6 rings (SSSR count). The van der Waals surface area contributed by atoms with Gasteiger partial charge in [0, 0.05) is 78.4 Å². The van der Waals surface area contributed by atoms with Gasteiger partial charge in [-0.3, -0.25) is 15.0 Å². The molecule has 3 aromatic heterocycles. The molecule has 0 spiro atoms. The third-order valence-electron chi connectivity index (χ3n) is 7.58. The first kappa shape index (κ1) is 24.6. The van der Waals surface area contributed by atoms with Crippen molar-refractivity contribution in [2.75, 3.05) is 42.5 Å². The maximum absolute atomic E-state index is 5.98. The molecule has 4 aromatic rings. The van der Waals surface area contributed by atoms with Gasteiger partial charge in [0.05, 0.1) is 29.5 Å². The van der Waals surface area contributed by atoms with Gasteiger partial charge in [0.15, 0.2) is 0 Å². The van der Waals surface area contributed by atoms with Gasteiger partial charge in [-0.15, -0.1) is 0 Å². The van der Waals surface area contributed by atoms with Gasteiger partial charge in [0.2, 0.25) is 0 Å². The summed E-state index contributed by atoms with van der Waals surface area (Å²) in [6, 6.07) is 11.2. The van der Waals surface area contributed by atoms with Crippen molar-refractivity contribution in [3.05, 3.63) is 65.9 Å². The molecule has 2 fully saturated rings. The fraction of sp³-hybridized carbons (Fsp3) is 0.400. The lowest BCUT2D eigenvalue weighted by Crippen LogP contribution is -2.56. The number of aromatic nitrogens is 4. The molecular weight excluding hydrogens is 472 g/mol. The van der Waals surface area contributed by atoms with Crippen LogP contribution >= 0.6 is 0 Å². The lowest BCUT2D eigenvalue weighted by molar-refractivity contribution is 0.514. The maximum Gasteiger partial charge on any atom is 0.147 e. The second kappa shape index (κ2) is 10.5. The number of H-pyrrole nitrogens is 1. The number of pyridine rings is 1. The number of hydrogen-bond donors (Lipinski definition) is 2. The number of nitrogens with two attached hydrogens (primary N) is 1. The highest BCUT2D eigenvalue weighted by atomic mass is 15.3. The van der Waals surface area contributed by atoms with Crippen LogP contribution in [0.15, 0.2) is 53.9 Å². The number of aryl methyl sites for hydroxylation is 1. The number of aromatic amines is 1. The number of benzene rings is 1. The quantitative estimate of drug-likeness (QED) is 0.351. The van der Waals surface area contributed by atoms with E-state index in [4.69, 9.17) is 20.7 Å². The minimum Gasteiger partial charge on any atom is -0.371 e. The molecule has 0 atom stereocenters. The molecule has 0 saturated carbocycles. The maximum atomic E-state index is 5.98. The Morgan fingerprint density at radius 3 is 2.71 bits per heavy atom. The molecule has 2 aliphatic heterocycles. The summed E-state index contributed by atoms with van der Waals surface area (Å²) in [5, 5.41) is 1.25. The highest BCUT2D eigenvalue weighted by Gasteiger charge is 2.25. The van der Waals surface area contributed by atoms with Crippen LogP contribution in [0, 0.1) is 6.92 Å². The number of nitrogens with zero attached hydrogens (tertiary/aromatic N) is 6. The average Bonchev–Trinajstić information content (AvgIpc) is 3.37. The predicted octanol–water partition coefficient (Wildman–Crippen LogP) is 4.71. The number of rotatable bonds is 7. The van der Waals surface area contributed by atoms with Crippen molar-refractivity contribution >= 4 is 28.1 Å². The second-order valence-electron chi connectivity index (χ2n) is 10.5. The first-order valence-electron chi connectivity index (χ1n) is 13.8. The van der Waals surface area contributed by atoms with Crippen molar-refractivity contribution in [1.29, 1.82) is 0 Å². The van der Waals surface area contributed by atoms with Crippen LogP contribution in [0.5, 0.6) is 0 Å². The van der Waals surface area contributed by atoms with E-state index in [1.165, 1.54) is 30.3 Å². The first-order valence-corrected chi connectivity index (χ1v) is 13.8. The fourth-order valence-electron chi connectivity index (χ4n) is 5.48. The van der Waals surface area contributed by atoms with Gasteiger partial charge in [0.1, 0.15) is 5.82 Å². The smallest absolute Gasteiger partial charge is 0.147 e. The highest BCUT2D eigenvalue weighted by Crippen LogP contribution is 2.31. The molecule has 3 N–H and O–H groups in total. The molecule has 196 valence electrons. The Bertz CT molecular complexity index is 1460. The lowest BCUT2D eigenvalue weighted by Gasteiger charge is -2.37. The van der Waals surface area contributed by atoms with E-state index in [0.29, 0.717) is 0 Å². The summed E-state index contributed by atoms with van der Waals surface area (Å²) < 4.78 is 0. The summed E-state index contributed by atoms with van der Waals surface area (Å²) in [5.74, 6) is 0.854. The van der Waals surface area contributed by atoms with Crippen LogP contribution in [-0.2, 0) is 0 Å². The van der Waals surface area contributed by atoms with Gasteiger partial charge < -0.3 is 20.5 Å². The van der Waals surface area contributed by atoms with Gasteiger partial charge >= 0.3 is 0 Å². The second-order valence-corrected chi connectivity index (χ2v) is 10.5. The van der Waals surface area contributed by atoms with E-state index < -0.39 is 0 Å². The number of aliphatic imine (C=N–C) groups is 1. The fourth-order valence-corrected chi connectivity index (χ4v) is 5.48. The van der Waals surface area contributed by atoms with E-state index in [9.17, 15) is 0 Å². The number of nitrogens with one attached hydrogen (secondary N) is 1. The van der Waals surface area contributed by atoms with Crippen LogP contribution in [0.2, 0.25) is 0 Å². The zero-order valence-electron chi connectivity index (χ0n) is 22.3. The normalized spacial score (nSPS) is 16.8.